The Bertz CT molecular complexity index is 443. The van der Waals surface area contributed by atoms with E-state index < -0.39 is 0 Å². The predicted molar refractivity (Wildman–Crippen MR) is 68.1 cm³/mol. The Labute approximate surface area is 103 Å². The lowest BCUT2D eigenvalue weighted by Gasteiger charge is -2.06. The highest BCUT2D eigenvalue weighted by molar-refractivity contribution is 6.07. The molecule has 2 rings (SSSR count). The Morgan fingerprint density at radius 1 is 1.41 bits per heavy atom. The van der Waals surface area contributed by atoms with Crippen LogP contribution in [0, 0.1) is 6.92 Å². The third-order valence-electron chi connectivity index (χ3n) is 3.27. The Hall–Kier alpha value is -1.38. The van der Waals surface area contributed by atoms with Crippen LogP contribution in [-0.4, -0.2) is 15.6 Å². The van der Waals surface area contributed by atoms with Gasteiger partial charge in [-0.15, -0.1) is 0 Å². The first-order valence-corrected chi connectivity index (χ1v) is 6.50. The number of carbonyl (C=O) groups excluding carboxylic acids is 1. The molecule has 0 unspecified atom stereocenters. The smallest absolute Gasteiger partial charge is 0.206 e. The van der Waals surface area contributed by atoms with Gasteiger partial charge in [0.05, 0.1) is 5.69 Å². The summed E-state index contributed by atoms with van der Waals surface area (Å²) in [6.07, 6.45) is 7.67. The number of allylic oxidation sites excluding steroid dienone is 2. The molecule has 0 saturated carbocycles. The summed E-state index contributed by atoms with van der Waals surface area (Å²) < 4.78 is 1.81. The number of Topliss-reactive ketones (excluding diaryl/α,β-unsaturated/α-hetero) is 1. The zero-order chi connectivity index (χ0) is 12.3. The van der Waals surface area contributed by atoms with Crippen LogP contribution in [0.25, 0.3) is 0 Å². The number of nitrogens with zero attached hydrogens (tertiary/aromatic N) is 2. The SMILES string of the molecule is CCn1nc(C)cc1C(=O)C1=CCCCCC1. The summed E-state index contributed by atoms with van der Waals surface area (Å²) >= 11 is 0. The van der Waals surface area contributed by atoms with Crippen LogP contribution in [0.15, 0.2) is 17.7 Å². The van der Waals surface area contributed by atoms with Gasteiger partial charge in [0.25, 0.3) is 0 Å². The van der Waals surface area contributed by atoms with Crippen molar-refractivity contribution in [3.05, 3.63) is 29.1 Å². The average Bonchev–Trinajstić information content (AvgIpc) is 2.55. The van der Waals surface area contributed by atoms with Crippen molar-refractivity contribution in [2.75, 3.05) is 0 Å². The number of carbonyl (C=O) groups is 1. The molecule has 0 N–H and O–H groups in total. The lowest BCUT2D eigenvalue weighted by Crippen LogP contribution is -2.11. The lowest BCUT2D eigenvalue weighted by atomic mass is 10.0. The third-order valence-corrected chi connectivity index (χ3v) is 3.27. The second kappa shape index (κ2) is 5.30. The standard InChI is InChI=1S/C14H20N2O/c1-3-16-13(10-11(2)15-16)14(17)12-8-6-4-5-7-9-12/h8,10H,3-7,9H2,1-2H3. The molecule has 1 aromatic heterocycles. The summed E-state index contributed by atoms with van der Waals surface area (Å²) in [5, 5.41) is 4.34. The largest absolute Gasteiger partial charge is 0.287 e. The van der Waals surface area contributed by atoms with Crippen LogP contribution in [0.1, 0.15) is 55.2 Å². The van der Waals surface area contributed by atoms with Crippen LogP contribution >= 0.6 is 0 Å². The van der Waals surface area contributed by atoms with Gasteiger partial charge in [0.1, 0.15) is 5.69 Å². The molecule has 1 aliphatic rings. The van der Waals surface area contributed by atoms with E-state index in [-0.39, 0.29) is 5.78 Å². The van der Waals surface area contributed by atoms with Crippen molar-refractivity contribution < 1.29 is 4.79 Å². The third kappa shape index (κ3) is 2.65. The van der Waals surface area contributed by atoms with E-state index in [1.165, 1.54) is 12.8 Å². The number of hydrogen-bond donors (Lipinski definition) is 0. The van der Waals surface area contributed by atoms with E-state index in [1.54, 1.807) is 0 Å². The average molecular weight is 232 g/mol. The minimum absolute atomic E-state index is 0.175. The second-order valence-corrected chi connectivity index (χ2v) is 4.64. The molecule has 1 aliphatic carbocycles. The van der Waals surface area contributed by atoms with Crippen LogP contribution < -0.4 is 0 Å². The summed E-state index contributed by atoms with van der Waals surface area (Å²) in [4.78, 5) is 12.4. The van der Waals surface area contributed by atoms with Crippen molar-refractivity contribution in [1.82, 2.24) is 9.78 Å². The molecule has 0 bridgehead atoms. The van der Waals surface area contributed by atoms with Crippen LogP contribution in [0.5, 0.6) is 0 Å². The predicted octanol–water partition coefficient (Wildman–Crippen LogP) is 3.28. The van der Waals surface area contributed by atoms with Gasteiger partial charge in [-0.1, -0.05) is 12.5 Å². The molecule has 0 fully saturated rings. The van der Waals surface area contributed by atoms with Gasteiger partial charge in [0, 0.05) is 6.54 Å². The summed E-state index contributed by atoms with van der Waals surface area (Å²) in [6.45, 7) is 4.71. The van der Waals surface area contributed by atoms with Gasteiger partial charge in [0.15, 0.2) is 0 Å². The van der Waals surface area contributed by atoms with E-state index in [1.807, 2.05) is 24.6 Å². The summed E-state index contributed by atoms with van der Waals surface area (Å²) in [7, 11) is 0. The number of rotatable bonds is 3. The first kappa shape index (κ1) is 12.1. The second-order valence-electron chi connectivity index (χ2n) is 4.64. The van der Waals surface area contributed by atoms with Gasteiger partial charge in [-0.3, -0.25) is 9.48 Å². The molecule has 0 aromatic carbocycles. The van der Waals surface area contributed by atoms with E-state index >= 15 is 0 Å². The van der Waals surface area contributed by atoms with Crippen molar-refractivity contribution >= 4 is 5.78 Å². The van der Waals surface area contributed by atoms with E-state index in [0.29, 0.717) is 0 Å². The molecule has 1 heterocycles. The van der Waals surface area contributed by atoms with Gasteiger partial charge >= 0.3 is 0 Å². The number of aromatic nitrogens is 2. The number of ketones is 1. The molecule has 0 saturated heterocycles. The van der Waals surface area contributed by atoms with Crippen molar-refractivity contribution in [2.24, 2.45) is 0 Å². The van der Waals surface area contributed by atoms with Crippen molar-refractivity contribution in [1.29, 1.82) is 0 Å². The molecule has 0 aliphatic heterocycles. The Morgan fingerprint density at radius 3 is 3.00 bits per heavy atom. The van der Waals surface area contributed by atoms with Crippen molar-refractivity contribution in [3.63, 3.8) is 0 Å². The molecule has 3 heteroatoms. The topological polar surface area (TPSA) is 34.9 Å². The minimum atomic E-state index is 0.175. The van der Waals surface area contributed by atoms with Crippen LogP contribution in [0.4, 0.5) is 0 Å². The molecule has 1 aromatic rings. The van der Waals surface area contributed by atoms with Gasteiger partial charge in [-0.2, -0.15) is 5.10 Å². The van der Waals surface area contributed by atoms with E-state index in [9.17, 15) is 4.79 Å². The van der Waals surface area contributed by atoms with E-state index in [2.05, 4.69) is 11.2 Å². The molecular weight excluding hydrogens is 212 g/mol. The Balaban J connectivity index is 2.26. The molecule has 3 nitrogen and oxygen atoms in total. The Morgan fingerprint density at radius 2 is 2.24 bits per heavy atom. The van der Waals surface area contributed by atoms with Crippen molar-refractivity contribution in [3.8, 4) is 0 Å². The number of hydrogen-bond acceptors (Lipinski definition) is 2. The minimum Gasteiger partial charge on any atom is -0.287 e. The summed E-state index contributed by atoms with van der Waals surface area (Å²) in [6, 6.07) is 1.90. The van der Waals surface area contributed by atoms with Crippen LogP contribution in [0.3, 0.4) is 0 Å². The fraction of sp³-hybridized carbons (Fsp3) is 0.571. The van der Waals surface area contributed by atoms with Gasteiger partial charge in [-0.05, 0) is 51.2 Å². The first-order chi connectivity index (χ1) is 8.22. The molecule has 0 amide bonds. The molecule has 0 radical (unpaired) electrons. The normalized spacial score (nSPS) is 16.5. The highest BCUT2D eigenvalue weighted by atomic mass is 16.1. The number of aryl methyl sites for hydroxylation is 2. The van der Waals surface area contributed by atoms with Gasteiger partial charge < -0.3 is 0 Å². The first-order valence-electron chi connectivity index (χ1n) is 6.50. The van der Waals surface area contributed by atoms with Gasteiger partial charge in [-0.25, -0.2) is 0 Å². The van der Waals surface area contributed by atoms with E-state index in [4.69, 9.17) is 0 Å². The maximum Gasteiger partial charge on any atom is 0.206 e. The quantitative estimate of drug-likeness (QED) is 0.749. The molecule has 17 heavy (non-hydrogen) atoms. The molecule has 0 spiro atoms. The van der Waals surface area contributed by atoms with E-state index in [0.717, 1.165) is 42.8 Å². The monoisotopic (exact) mass is 232 g/mol. The summed E-state index contributed by atoms with van der Waals surface area (Å²) in [5.41, 5.74) is 2.65. The van der Waals surface area contributed by atoms with Crippen molar-refractivity contribution in [2.45, 2.75) is 52.5 Å². The van der Waals surface area contributed by atoms with Crippen LogP contribution in [-0.2, 0) is 6.54 Å². The highest BCUT2D eigenvalue weighted by Crippen LogP contribution is 2.21. The Kier molecular flexibility index (Phi) is 3.77. The fourth-order valence-corrected chi connectivity index (χ4v) is 2.35. The molecule has 0 atom stereocenters. The molecular formula is C14H20N2O. The zero-order valence-corrected chi connectivity index (χ0v) is 10.7. The zero-order valence-electron chi connectivity index (χ0n) is 10.7. The van der Waals surface area contributed by atoms with Gasteiger partial charge in [0.2, 0.25) is 5.78 Å². The maximum absolute atomic E-state index is 12.4. The lowest BCUT2D eigenvalue weighted by molar-refractivity contribution is 0.102. The highest BCUT2D eigenvalue weighted by Gasteiger charge is 2.18. The fourth-order valence-electron chi connectivity index (χ4n) is 2.35. The summed E-state index contributed by atoms with van der Waals surface area (Å²) in [5.74, 6) is 0.175. The van der Waals surface area contributed by atoms with Crippen LogP contribution in [0.2, 0.25) is 0 Å². The maximum atomic E-state index is 12.4. The molecule has 92 valence electrons.